The fourth-order valence-electron chi connectivity index (χ4n) is 3.94. The van der Waals surface area contributed by atoms with E-state index in [9.17, 15) is 0 Å². The third kappa shape index (κ3) is 4.98. The number of hydrogen-bond donors (Lipinski definition) is 1. The highest BCUT2D eigenvalue weighted by Crippen LogP contribution is 2.24. The van der Waals surface area contributed by atoms with Gasteiger partial charge in [-0.25, -0.2) is 15.0 Å². The van der Waals surface area contributed by atoms with E-state index >= 15 is 0 Å². The van der Waals surface area contributed by atoms with Gasteiger partial charge in [-0.2, -0.15) is 15.0 Å². The molecule has 0 spiro atoms. The number of hydrogen-bond acceptors (Lipinski definition) is 8. The molecule has 5 aromatic heterocycles. The zero-order valence-corrected chi connectivity index (χ0v) is 20.1. The molecule has 0 radical (unpaired) electrons. The molecule has 10 nitrogen and oxygen atoms in total. The van der Waals surface area contributed by atoms with Crippen LogP contribution in [0.15, 0.2) is 91.8 Å². The lowest BCUT2D eigenvalue weighted by molar-refractivity contribution is 0.301. The minimum absolute atomic E-state index is 0.397. The lowest BCUT2D eigenvalue weighted by Crippen LogP contribution is -2.02. The van der Waals surface area contributed by atoms with E-state index in [2.05, 4.69) is 47.6 Å². The number of imidazole rings is 1. The van der Waals surface area contributed by atoms with Gasteiger partial charge >= 0.3 is 0 Å². The summed E-state index contributed by atoms with van der Waals surface area (Å²) in [6.07, 6.45) is 8.80. The highest BCUT2D eigenvalue weighted by molar-refractivity contribution is 5.63. The number of aromatic nitrogens is 8. The molecule has 0 amide bonds. The van der Waals surface area contributed by atoms with Crippen molar-refractivity contribution in [1.82, 2.24) is 39.3 Å². The second-order valence-electron chi connectivity index (χ2n) is 8.40. The van der Waals surface area contributed by atoms with Crippen LogP contribution in [-0.4, -0.2) is 39.3 Å². The molecular formula is C27H23N9O. The van der Waals surface area contributed by atoms with Crippen LogP contribution in [0.5, 0.6) is 5.75 Å². The van der Waals surface area contributed by atoms with E-state index in [1.165, 1.54) is 0 Å². The van der Waals surface area contributed by atoms with Crippen molar-refractivity contribution in [3.8, 4) is 28.4 Å². The summed E-state index contributed by atoms with van der Waals surface area (Å²) in [7, 11) is 1.81. The number of aryl methyl sites for hydroxylation is 1. The Bertz CT molecular complexity index is 1640. The van der Waals surface area contributed by atoms with Gasteiger partial charge in [-0.15, -0.1) is 0 Å². The molecule has 1 aromatic carbocycles. The van der Waals surface area contributed by atoms with Gasteiger partial charge in [0, 0.05) is 43.7 Å². The molecular weight excluding hydrogens is 466 g/mol. The lowest BCUT2D eigenvalue weighted by Gasteiger charge is -2.09. The summed E-state index contributed by atoms with van der Waals surface area (Å²) in [5.41, 5.74) is 6.27. The van der Waals surface area contributed by atoms with Crippen molar-refractivity contribution in [1.29, 1.82) is 0 Å². The smallest absolute Gasteiger partial charge is 0.140 e. The van der Waals surface area contributed by atoms with Crippen molar-refractivity contribution in [2.45, 2.75) is 13.2 Å². The summed E-state index contributed by atoms with van der Waals surface area (Å²) in [5, 5.41) is 11.8. The molecule has 37 heavy (non-hydrogen) atoms. The Hall–Kier alpha value is -5.12. The maximum atomic E-state index is 5.88. The summed E-state index contributed by atoms with van der Waals surface area (Å²) >= 11 is 0. The summed E-state index contributed by atoms with van der Waals surface area (Å²) in [6.45, 7) is 1.02. The fourth-order valence-corrected chi connectivity index (χ4v) is 3.94. The van der Waals surface area contributed by atoms with Crippen LogP contribution < -0.4 is 10.1 Å². The number of anilines is 1. The third-order valence-electron chi connectivity index (χ3n) is 5.85. The quantitative estimate of drug-likeness (QED) is 0.339. The van der Waals surface area contributed by atoms with Gasteiger partial charge in [-0.1, -0.05) is 30.3 Å². The first kappa shape index (κ1) is 22.4. The molecule has 6 aromatic rings. The predicted octanol–water partition coefficient (Wildman–Crippen LogP) is 4.17. The minimum Gasteiger partial charge on any atom is -0.487 e. The number of nitrogens with one attached hydrogen (secondary N) is 1. The molecule has 1 N–H and O–H groups in total. The van der Waals surface area contributed by atoms with Gasteiger partial charge in [0.2, 0.25) is 0 Å². The number of pyridine rings is 2. The topological polar surface area (TPSA) is 108 Å². The van der Waals surface area contributed by atoms with Gasteiger partial charge in [0.25, 0.3) is 0 Å². The van der Waals surface area contributed by atoms with Crippen molar-refractivity contribution in [3.63, 3.8) is 0 Å². The molecule has 0 aliphatic rings. The maximum Gasteiger partial charge on any atom is 0.140 e. The van der Waals surface area contributed by atoms with Crippen LogP contribution >= 0.6 is 0 Å². The van der Waals surface area contributed by atoms with Crippen molar-refractivity contribution in [3.05, 3.63) is 103 Å². The van der Waals surface area contributed by atoms with Crippen LogP contribution in [0.3, 0.4) is 0 Å². The number of benzene rings is 1. The molecule has 0 bridgehead atoms. The SMILES string of the molecule is Cn1ncc(-c2ccc(CNc3cc(-c4cnc5cc(OCc6ccccn6)ccn45)ncn3)cc2)n1. The third-order valence-corrected chi connectivity index (χ3v) is 5.85. The van der Waals surface area contributed by atoms with Gasteiger partial charge in [0.1, 0.15) is 35.8 Å². The van der Waals surface area contributed by atoms with Crippen molar-refractivity contribution < 1.29 is 4.74 Å². The molecule has 182 valence electrons. The van der Waals surface area contributed by atoms with E-state index in [4.69, 9.17) is 4.74 Å². The van der Waals surface area contributed by atoms with Crippen LogP contribution in [0.1, 0.15) is 11.3 Å². The summed E-state index contributed by atoms with van der Waals surface area (Å²) in [4.78, 5) is 19.2. The molecule has 10 heteroatoms. The van der Waals surface area contributed by atoms with Gasteiger partial charge < -0.3 is 10.1 Å². The number of nitrogens with zero attached hydrogens (tertiary/aromatic N) is 8. The molecule has 0 aliphatic carbocycles. The monoisotopic (exact) mass is 489 g/mol. The van der Waals surface area contributed by atoms with E-state index in [1.54, 1.807) is 36.8 Å². The van der Waals surface area contributed by atoms with Gasteiger partial charge in [0.15, 0.2) is 0 Å². The minimum atomic E-state index is 0.397. The van der Waals surface area contributed by atoms with E-state index in [0.29, 0.717) is 13.2 Å². The first-order valence-electron chi connectivity index (χ1n) is 11.7. The van der Waals surface area contributed by atoms with Gasteiger partial charge in [-0.05, 0) is 23.8 Å². The Morgan fingerprint density at radius 2 is 1.81 bits per heavy atom. The normalized spacial score (nSPS) is 11.1. The highest BCUT2D eigenvalue weighted by Gasteiger charge is 2.10. The van der Waals surface area contributed by atoms with E-state index in [-0.39, 0.29) is 0 Å². The highest BCUT2D eigenvalue weighted by atomic mass is 16.5. The summed E-state index contributed by atoms with van der Waals surface area (Å²) < 4.78 is 7.86. The predicted molar refractivity (Wildman–Crippen MR) is 139 cm³/mol. The van der Waals surface area contributed by atoms with E-state index in [1.807, 2.05) is 59.1 Å². The van der Waals surface area contributed by atoms with E-state index in [0.717, 1.165) is 51.1 Å². The van der Waals surface area contributed by atoms with Crippen LogP contribution in [0, 0.1) is 0 Å². The maximum absolute atomic E-state index is 5.88. The molecule has 0 saturated carbocycles. The van der Waals surface area contributed by atoms with Crippen molar-refractivity contribution in [2.75, 3.05) is 5.32 Å². The molecule has 0 fully saturated rings. The number of fused-ring (bicyclic) bond motifs is 1. The second-order valence-corrected chi connectivity index (χ2v) is 8.40. The van der Waals surface area contributed by atoms with Crippen LogP contribution in [0.25, 0.3) is 28.3 Å². The summed E-state index contributed by atoms with van der Waals surface area (Å²) in [6, 6.07) is 19.7. The first-order valence-corrected chi connectivity index (χ1v) is 11.7. The molecule has 6 rings (SSSR count). The zero-order valence-electron chi connectivity index (χ0n) is 20.1. The molecule has 5 heterocycles. The lowest BCUT2D eigenvalue weighted by atomic mass is 10.1. The second kappa shape index (κ2) is 9.86. The van der Waals surface area contributed by atoms with E-state index < -0.39 is 0 Å². The standard InChI is InChI=1S/C27H23N9O/c1-35-33-15-24(34-35)20-7-5-19(6-8-20)14-29-26-13-23(31-18-32-26)25-16-30-27-12-22(9-11-36(25)27)37-17-21-4-2-3-10-28-21/h2-13,15-16,18H,14,17H2,1H3,(H,29,31,32). The Morgan fingerprint density at radius 1 is 0.892 bits per heavy atom. The first-order chi connectivity index (χ1) is 18.2. The zero-order chi connectivity index (χ0) is 25.0. The Morgan fingerprint density at radius 3 is 2.62 bits per heavy atom. The number of rotatable bonds is 8. The molecule has 0 atom stereocenters. The van der Waals surface area contributed by atoms with Crippen LogP contribution in [-0.2, 0) is 20.2 Å². The van der Waals surface area contributed by atoms with Crippen LogP contribution in [0.2, 0.25) is 0 Å². The molecule has 0 saturated heterocycles. The average Bonchev–Trinajstić information content (AvgIpc) is 3.58. The van der Waals surface area contributed by atoms with Crippen molar-refractivity contribution in [2.24, 2.45) is 7.05 Å². The molecule has 0 aliphatic heterocycles. The average molecular weight is 490 g/mol. The van der Waals surface area contributed by atoms with Gasteiger partial charge in [-0.3, -0.25) is 9.38 Å². The van der Waals surface area contributed by atoms with Crippen molar-refractivity contribution >= 4 is 11.5 Å². The van der Waals surface area contributed by atoms with Crippen LogP contribution in [0.4, 0.5) is 5.82 Å². The van der Waals surface area contributed by atoms with Gasteiger partial charge in [0.05, 0.1) is 29.5 Å². The fraction of sp³-hybridized carbons (Fsp3) is 0.111. The Labute approximate surface area is 212 Å². The molecule has 0 unspecified atom stereocenters. The Balaban J connectivity index is 1.14. The Kier molecular flexibility index (Phi) is 5.96. The largest absolute Gasteiger partial charge is 0.487 e. The summed E-state index contributed by atoms with van der Waals surface area (Å²) in [5.74, 6) is 1.46. The number of ether oxygens (including phenoxy) is 1.